The first kappa shape index (κ1) is 11.2. The molecule has 0 fully saturated rings. The van der Waals surface area contributed by atoms with E-state index in [2.05, 4.69) is 9.05 Å². The highest BCUT2D eigenvalue weighted by Gasteiger charge is 2.34. The Hall–Kier alpha value is -0.820. The molecule has 0 rings (SSSR count). The Morgan fingerprint density at radius 3 is 2.58 bits per heavy atom. The van der Waals surface area contributed by atoms with Gasteiger partial charge in [-0.1, -0.05) is 5.92 Å². The van der Waals surface area contributed by atoms with Crippen LogP contribution in [0.15, 0.2) is 0 Å². The average molecular weight is 192 g/mol. The lowest BCUT2D eigenvalue weighted by Gasteiger charge is -2.10. The molecule has 6 heteroatoms. The fourth-order valence-corrected chi connectivity index (χ4v) is 1.32. The van der Waals surface area contributed by atoms with Crippen LogP contribution in [0.1, 0.15) is 6.92 Å². The van der Waals surface area contributed by atoms with Gasteiger partial charge in [0.15, 0.2) is 0 Å². The summed E-state index contributed by atoms with van der Waals surface area (Å²) in [5, 5.41) is 8.41. The van der Waals surface area contributed by atoms with Gasteiger partial charge >= 0.3 is 13.3 Å². The summed E-state index contributed by atoms with van der Waals surface area (Å²) >= 11 is 0. The molecule has 12 heavy (non-hydrogen) atoms. The topological polar surface area (TPSA) is 72.8 Å². The zero-order valence-corrected chi connectivity index (χ0v) is 7.41. The van der Waals surface area contributed by atoms with Crippen molar-refractivity contribution >= 4 is 13.3 Å². The summed E-state index contributed by atoms with van der Waals surface area (Å²) < 4.78 is 19.9. The molecule has 1 atom stereocenters. The molecule has 0 aromatic heterocycles. The number of rotatable bonds is 5. The second kappa shape index (κ2) is 4.94. The smallest absolute Gasteiger partial charge is 0.439 e. The first-order valence-electron chi connectivity index (χ1n) is 3.13. The van der Waals surface area contributed by atoms with Crippen molar-refractivity contribution in [3.8, 4) is 12.3 Å². The van der Waals surface area contributed by atoms with E-state index >= 15 is 0 Å². The number of carboxylic acid groups (broad SMARTS) is 1. The zero-order valence-electron chi connectivity index (χ0n) is 6.52. The Morgan fingerprint density at radius 2 is 2.25 bits per heavy atom. The molecular formula is C6H9O5P. The van der Waals surface area contributed by atoms with Gasteiger partial charge in [0, 0.05) is 0 Å². The van der Waals surface area contributed by atoms with Crippen LogP contribution in [0.4, 0.5) is 4.79 Å². The predicted octanol–water partition coefficient (Wildman–Crippen LogP) is 1.54. The molecule has 1 unspecified atom stereocenters. The molecular weight excluding hydrogens is 183 g/mol. The molecule has 0 spiro atoms. The van der Waals surface area contributed by atoms with Crippen LogP contribution in [0.2, 0.25) is 0 Å². The zero-order chi connectivity index (χ0) is 9.61. The van der Waals surface area contributed by atoms with Crippen LogP contribution in [0.25, 0.3) is 0 Å². The Morgan fingerprint density at radius 1 is 1.67 bits per heavy atom. The Balaban J connectivity index is 4.32. The minimum Gasteiger partial charge on any atom is -0.472 e. The van der Waals surface area contributed by atoms with Crippen LogP contribution in [0.5, 0.6) is 0 Å². The third kappa shape index (κ3) is 3.05. The standard InChI is InChI=1S/C6H9O5P/c1-3-5-11-12(9,6(7)8)10-4-2/h1H,4-5H2,2H3,(H,7,8). The number of hydrogen-bond donors (Lipinski definition) is 1. The van der Waals surface area contributed by atoms with Crippen molar-refractivity contribution < 1.29 is 23.5 Å². The quantitative estimate of drug-likeness (QED) is 0.528. The summed E-state index contributed by atoms with van der Waals surface area (Å²) in [6.07, 6.45) is 4.79. The van der Waals surface area contributed by atoms with E-state index in [1.54, 1.807) is 0 Å². The maximum atomic E-state index is 11.1. The molecule has 0 aromatic carbocycles. The summed E-state index contributed by atoms with van der Waals surface area (Å²) in [7, 11) is -4.03. The third-order valence-electron chi connectivity index (χ3n) is 0.851. The van der Waals surface area contributed by atoms with Gasteiger partial charge in [-0.05, 0) is 6.92 Å². The normalized spacial score (nSPS) is 14.7. The van der Waals surface area contributed by atoms with Crippen LogP contribution in [-0.4, -0.2) is 24.0 Å². The van der Waals surface area contributed by atoms with E-state index in [0.717, 1.165) is 0 Å². The van der Waals surface area contributed by atoms with Gasteiger partial charge in [-0.3, -0.25) is 4.52 Å². The van der Waals surface area contributed by atoms with Gasteiger partial charge in [-0.2, -0.15) is 0 Å². The van der Waals surface area contributed by atoms with E-state index in [1.165, 1.54) is 6.92 Å². The summed E-state index contributed by atoms with van der Waals surface area (Å²) in [6.45, 7) is 1.16. The predicted molar refractivity (Wildman–Crippen MR) is 42.0 cm³/mol. The van der Waals surface area contributed by atoms with E-state index in [1.807, 2.05) is 5.92 Å². The van der Waals surface area contributed by atoms with E-state index in [9.17, 15) is 9.36 Å². The van der Waals surface area contributed by atoms with Gasteiger partial charge in [0.25, 0.3) is 0 Å². The van der Waals surface area contributed by atoms with Crippen LogP contribution >= 0.6 is 7.60 Å². The molecule has 0 heterocycles. The van der Waals surface area contributed by atoms with Gasteiger partial charge in [0.1, 0.15) is 6.61 Å². The highest BCUT2D eigenvalue weighted by atomic mass is 31.2. The van der Waals surface area contributed by atoms with E-state index in [4.69, 9.17) is 11.5 Å². The molecule has 0 aliphatic carbocycles. The Kier molecular flexibility index (Phi) is 4.60. The lowest BCUT2D eigenvalue weighted by Crippen LogP contribution is -2.04. The SMILES string of the molecule is C#CCOP(=O)(OCC)C(=O)O. The number of carbonyl (C=O) groups is 1. The molecule has 0 saturated heterocycles. The first-order valence-corrected chi connectivity index (χ1v) is 4.67. The van der Waals surface area contributed by atoms with Crippen molar-refractivity contribution in [2.75, 3.05) is 13.2 Å². The average Bonchev–Trinajstić information content (AvgIpc) is 2.01. The van der Waals surface area contributed by atoms with E-state index in [0.29, 0.717) is 0 Å². The van der Waals surface area contributed by atoms with Gasteiger partial charge < -0.3 is 9.63 Å². The summed E-state index contributed by atoms with van der Waals surface area (Å²) in [5.41, 5.74) is -1.63. The van der Waals surface area contributed by atoms with Crippen molar-refractivity contribution in [1.29, 1.82) is 0 Å². The number of terminal acetylenes is 1. The molecule has 0 saturated carbocycles. The Bertz CT molecular complexity index is 241. The largest absolute Gasteiger partial charge is 0.472 e. The molecule has 5 nitrogen and oxygen atoms in total. The van der Waals surface area contributed by atoms with Crippen molar-refractivity contribution in [2.45, 2.75) is 6.92 Å². The van der Waals surface area contributed by atoms with Crippen LogP contribution in [0, 0.1) is 12.3 Å². The van der Waals surface area contributed by atoms with Crippen LogP contribution < -0.4 is 0 Å². The molecule has 0 amide bonds. The lowest BCUT2D eigenvalue weighted by molar-refractivity contribution is 0.186. The van der Waals surface area contributed by atoms with Crippen LogP contribution in [-0.2, 0) is 13.6 Å². The minimum absolute atomic E-state index is 0.00580. The summed E-state index contributed by atoms with van der Waals surface area (Å²) in [5.74, 6) is 2.00. The van der Waals surface area contributed by atoms with E-state index in [-0.39, 0.29) is 13.2 Å². The third-order valence-corrected chi connectivity index (χ3v) is 2.39. The monoisotopic (exact) mass is 192 g/mol. The van der Waals surface area contributed by atoms with Crippen molar-refractivity contribution in [2.24, 2.45) is 0 Å². The van der Waals surface area contributed by atoms with Gasteiger partial charge in [0.05, 0.1) is 6.61 Å². The Labute approximate surface area is 70.2 Å². The highest BCUT2D eigenvalue weighted by Crippen LogP contribution is 2.48. The molecule has 0 radical (unpaired) electrons. The number of hydrogen-bond acceptors (Lipinski definition) is 4. The van der Waals surface area contributed by atoms with Gasteiger partial charge in [-0.25, -0.2) is 9.36 Å². The molecule has 1 N–H and O–H groups in total. The first-order chi connectivity index (χ1) is 5.56. The van der Waals surface area contributed by atoms with Crippen molar-refractivity contribution in [3.63, 3.8) is 0 Å². The second-order valence-corrected chi connectivity index (χ2v) is 3.57. The summed E-state index contributed by atoms with van der Waals surface area (Å²) in [4.78, 5) is 10.3. The highest BCUT2D eigenvalue weighted by molar-refractivity contribution is 7.71. The molecule has 0 aliphatic heterocycles. The van der Waals surface area contributed by atoms with E-state index < -0.39 is 13.3 Å². The maximum absolute atomic E-state index is 11.1. The van der Waals surface area contributed by atoms with Crippen molar-refractivity contribution in [3.05, 3.63) is 0 Å². The van der Waals surface area contributed by atoms with Crippen LogP contribution in [0.3, 0.4) is 0 Å². The van der Waals surface area contributed by atoms with Crippen molar-refractivity contribution in [1.82, 2.24) is 0 Å². The van der Waals surface area contributed by atoms with Gasteiger partial charge in [0.2, 0.25) is 0 Å². The molecule has 0 bridgehead atoms. The summed E-state index contributed by atoms with van der Waals surface area (Å²) in [6, 6.07) is 0. The fraction of sp³-hybridized carbons (Fsp3) is 0.500. The lowest BCUT2D eigenvalue weighted by atomic mass is 10.8. The molecule has 68 valence electrons. The minimum atomic E-state index is -4.03. The second-order valence-electron chi connectivity index (χ2n) is 1.68. The van der Waals surface area contributed by atoms with Gasteiger partial charge in [-0.15, -0.1) is 6.42 Å². The molecule has 0 aliphatic rings. The molecule has 0 aromatic rings. The maximum Gasteiger partial charge on any atom is 0.439 e. The fourth-order valence-electron chi connectivity index (χ4n) is 0.440.